The number of hydrogen-bond acceptors (Lipinski definition) is 5. The van der Waals surface area contributed by atoms with Crippen LogP contribution in [-0.2, 0) is 21.4 Å². The van der Waals surface area contributed by atoms with Crippen LogP contribution in [0.4, 0.5) is 0 Å². The Hall–Kier alpha value is -2.10. The van der Waals surface area contributed by atoms with Gasteiger partial charge in [0.05, 0.1) is 16.0 Å². The van der Waals surface area contributed by atoms with Gasteiger partial charge in [-0.2, -0.15) is 4.31 Å². The second-order valence-corrected chi connectivity index (χ2v) is 9.48. The van der Waals surface area contributed by atoms with E-state index in [1.54, 1.807) is 13.1 Å². The van der Waals surface area contributed by atoms with Gasteiger partial charge in [-0.3, -0.25) is 9.36 Å². The van der Waals surface area contributed by atoms with Gasteiger partial charge in [0, 0.05) is 25.7 Å². The molecule has 4 rings (SSSR count). The van der Waals surface area contributed by atoms with E-state index >= 15 is 0 Å². The van der Waals surface area contributed by atoms with Crippen molar-refractivity contribution in [3.63, 3.8) is 0 Å². The summed E-state index contributed by atoms with van der Waals surface area (Å²) in [7, 11) is -3.97. The van der Waals surface area contributed by atoms with Crippen LogP contribution in [0.5, 0.6) is 0 Å². The molecule has 1 saturated heterocycles. The van der Waals surface area contributed by atoms with E-state index in [0.29, 0.717) is 37.9 Å². The van der Waals surface area contributed by atoms with Crippen LogP contribution in [0, 0.1) is 5.41 Å². The Morgan fingerprint density at radius 1 is 1.32 bits per heavy atom. The SMILES string of the molecule is CCn1c(=O)oc2cc(S(=O)(=O)N3CCC[C@]4(CC=CNC4=O)C3)c(Cl)cc21. The number of oxazole rings is 1. The van der Waals surface area contributed by atoms with E-state index in [0.717, 1.165) is 0 Å². The lowest BCUT2D eigenvalue weighted by Gasteiger charge is -2.41. The number of rotatable bonds is 3. The molecule has 1 spiro atoms. The number of amides is 1. The first-order chi connectivity index (χ1) is 13.3. The van der Waals surface area contributed by atoms with Crippen LogP contribution in [0.1, 0.15) is 26.2 Å². The summed E-state index contributed by atoms with van der Waals surface area (Å²) in [5.41, 5.74) is -0.155. The number of benzene rings is 1. The maximum Gasteiger partial charge on any atom is 0.419 e. The fourth-order valence-corrected chi connectivity index (χ4v) is 6.09. The van der Waals surface area contributed by atoms with Gasteiger partial charge in [-0.15, -0.1) is 0 Å². The molecule has 0 bridgehead atoms. The van der Waals surface area contributed by atoms with Gasteiger partial charge >= 0.3 is 5.76 Å². The fraction of sp³-hybridized carbons (Fsp3) is 0.444. The molecule has 1 atom stereocenters. The van der Waals surface area contributed by atoms with Crippen LogP contribution in [-0.4, -0.2) is 36.3 Å². The van der Waals surface area contributed by atoms with Crippen molar-refractivity contribution in [2.24, 2.45) is 5.41 Å². The minimum absolute atomic E-state index is 0.0168. The van der Waals surface area contributed by atoms with Gasteiger partial charge in [-0.05, 0) is 38.5 Å². The predicted molar refractivity (Wildman–Crippen MR) is 103 cm³/mol. The molecule has 0 saturated carbocycles. The van der Waals surface area contributed by atoms with Crippen molar-refractivity contribution in [3.05, 3.63) is 40.0 Å². The number of allylic oxidation sites excluding steroid dienone is 1. The number of hydrogen-bond donors (Lipinski definition) is 1. The number of aryl methyl sites for hydroxylation is 1. The molecule has 10 heteroatoms. The Labute approximate surface area is 166 Å². The smallest absolute Gasteiger partial charge is 0.408 e. The monoisotopic (exact) mass is 425 g/mol. The van der Waals surface area contributed by atoms with Crippen molar-refractivity contribution in [2.45, 2.75) is 37.6 Å². The molecule has 150 valence electrons. The van der Waals surface area contributed by atoms with Crippen LogP contribution in [0.3, 0.4) is 0 Å². The number of aromatic nitrogens is 1. The molecule has 1 aromatic heterocycles. The highest BCUT2D eigenvalue weighted by atomic mass is 35.5. The number of nitrogens with zero attached hydrogens (tertiary/aromatic N) is 2. The van der Waals surface area contributed by atoms with E-state index in [1.807, 2.05) is 6.08 Å². The largest absolute Gasteiger partial charge is 0.419 e. The van der Waals surface area contributed by atoms with Crippen molar-refractivity contribution in [3.8, 4) is 0 Å². The first-order valence-electron chi connectivity index (χ1n) is 9.07. The standard InChI is InChI=1S/C18H20ClN3O5S/c1-2-22-13-9-12(19)15(10-14(13)27-17(22)24)28(25,26)21-8-4-6-18(11-21)5-3-7-20-16(18)23/h3,7,9-10H,2,4-6,8,11H2,1H3,(H,20,23)/t18-/m1/s1. The number of nitrogens with one attached hydrogen (secondary N) is 1. The average Bonchev–Trinajstić information content (AvgIpc) is 2.97. The van der Waals surface area contributed by atoms with Crippen molar-refractivity contribution in [2.75, 3.05) is 13.1 Å². The molecule has 1 N–H and O–H groups in total. The number of halogens is 1. The van der Waals surface area contributed by atoms with Gasteiger partial charge in [0.25, 0.3) is 0 Å². The summed E-state index contributed by atoms with van der Waals surface area (Å²) in [6, 6.07) is 2.73. The summed E-state index contributed by atoms with van der Waals surface area (Å²) in [6.45, 7) is 2.55. The topological polar surface area (TPSA) is 102 Å². The normalized spacial score (nSPS) is 23.4. The quantitative estimate of drug-likeness (QED) is 0.811. The molecule has 0 unspecified atom stereocenters. The number of carbonyl (C=O) groups is 1. The molecule has 1 fully saturated rings. The third-order valence-electron chi connectivity index (χ3n) is 5.52. The summed E-state index contributed by atoms with van der Waals surface area (Å²) in [5.74, 6) is -0.729. The maximum absolute atomic E-state index is 13.3. The van der Waals surface area contributed by atoms with Gasteiger partial charge in [-0.1, -0.05) is 17.7 Å². The van der Waals surface area contributed by atoms with Gasteiger partial charge in [0.15, 0.2) is 5.58 Å². The Morgan fingerprint density at radius 2 is 2.11 bits per heavy atom. The van der Waals surface area contributed by atoms with Gasteiger partial charge in [0.1, 0.15) is 4.90 Å². The van der Waals surface area contributed by atoms with Crippen molar-refractivity contribution < 1.29 is 17.6 Å². The molecule has 0 aliphatic carbocycles. The summed E-state index contributed by atoms with van der Waals surface area (Å²) in [5, 5.41) is 2.70. The Bertz CT molecular complexity index is 1150. The molecular weight excluding hydrogens is 406 g/mol. The molecule has 3 heterocycles. The lowest BCUT2D eigenvalue weighted by atomic mass is 9.76. The number of fused-ring (bicyclic) bond motifs is 1. The van der Waals surface area contributed by atoms with Crippen molar-refractivity contribution >= 4 is 38.6 Å². The zero-order chi connectivity index (χ0) is 20.1. The van der Waals surface area contributed by atoms with Crippen molar-refractivity contribution in [1.29, 1.82) is 0 Å². The third kappa shape index (κ3) is 2.89. The zero-order valence-electron chi connectivity index (χ0n) is 15.3. The lowest BCUT2D eigenvalue weighted by Crippen LogP contribution is -2.53. The Morgan fingerprint density at radius 3 is 2.82 bits per heavy atom. The van der Waals surface area contributed by atoms with Gasteiger partial charge in [0.2, 0.25) is 15.9 Å². The predicted octanol–water partition coefficient (Wildman–Crippen LogP) is 2.07. The molecule has 2 aliphatic rings. The van der Waals surface area contributed by atoms with E-state index in [9.17, 15) is 18.0 Å². The van der Waals surface area contributed by atoms with Crippen molar-refractivity contribution in [1.82, 2.24) is 14.2 Å². The highest BCUT2D eigenvalue weighted by Crippen LogP contribution is 2.39. The Kier molecular flexibility index (Phi) is 4.64. The fourth-order valence-electron chi connectivity index (χ4n) is 4.01. The highest BCUT2D eigenvalue weighted by molar-refractivity contribution is 7.89. The molecule has 8 nitrogen and oxygen atoms in total. The molecule has 1 amide bonds. The molecule has 28 heavy (non-hydrogen) atoms. The van der Waals surface area contributed by atoms with Crippen LogP contribution in [0.25, 0.3) is 11.1 Å². The van der Waals surface area contributed by atoms with E-state index < -0.39 is 21.2 Å². The van der Waals surface area contributed by atoms with Crippen LogP contribution >= 0.6 is 11.6 Å². The minimum Gasteiger partial charge on any atom is -0.408 e. The summed E-state index contributed by atoms with van der Waals surface area (Å²) in [6.07, 6.45) is 5.12. The zero-order valence-corrected chi connectivity index (χ0v) is 16.8. The number of carbonyl (C=O) groups excluding carboxylic acids is 1. The van der Waals surface area contributed by atoms with E-state index in [-0.39, 0.29) is 28.0 Å². The summed E-state index contributed by atoms with van der Waals surface area (Å²) >= 11 is 6.30. The van der Waals surface area contributed by atoms with Crippen LogP contribution < -0.4 is 11.1 Å². The van der Waals surface area contributed by atoms with E-state index in [1.165, 1.54) is 21.0 Å². The third-order valence-corrected chi connectivity index (χ3v) is 7.83. The highest BCUT2D eigenvalue weighted by Gasteiger charge is 2.45. The molecule has 1 aromatic carbocycles. The molecule has 0 radical (unpaired) electrons. The lowest BCUT2D eigenvalue weighted by molar-refractivity contribution is -0.132. The van der Waals surface area contributed by atoms with E-state index in [2.05, 4.69) is 5.32 Å². The van der Waals surface area contributed by atoms with E-state index in [4.69, 9.17) is 16.0 Å². The Balaban J connectivity index is 1.76. The summed E-state index contributed by atoms with van der Waals surface area (Å²) in [4.78, 5) is 24.2. The van der Waals surface area contributed by atoms with Crippen LogP contribution in [0.15, 0.2) is 38.5 Å². The second-order valence-electron chi connectivity index (χ2n) is 7.17. The maximum atomic E-state index is 13.3. The number of piperidine rings is 1. The second kappa shape index (κ2) is 6.75. The van der Waals surface area contributed by atoms with Gasteiger partial charge < -0.3 is 9.73 Å². The molecule has 2 aromatic rings. The van der Waals surface area contributed by atoms with Gasteiger partial charge in [-0.25, -0.2) is 13.2 Å². The minimum atomic E-state index is -3.97. The van der Waals surface area contributed by atoms with Crippen LogP contribution in [0.2, 0.25) is 5.02 Å². The first-order valence-corrected chi connectivity index (χ1v) is 10.9. The summed E-state index contributed by atoms with van der Waals surface area (Å²) < 4.78 is 34.5. The molecule has 2 aliphatic heterocycles. The number of sulfonamides is 1. The average molecular weight is 426 g/mol. The molecular formula is C18H20ClN3O5S. The first kappa shape index (κ1) is 19.2.